The number of anilines is 1. The SMILES string of the molecule is CC[C@@H](C)n1nccc1NC(=O)[C@@H](C)N(C)Cc1cnc(C)s1. The second-order valence-electron chi connectivity index (χ2n) is 5.84. The highest BCUT2D eigenvalue weighted by Crippen LogP contribution is 2.18. The van der Waals surface area contributed by atoms with Crippen molar-refractivity contribution in [2.75, 3.05) is 12.4 Å². The van der Waals surface area contributed by atoms with Crippen molar-refractivity contribution in [1.29, 1.82) is 0 Å². The number of aromatic nitrogens is 3. The molecule has 0 aliphatic rings. The highest BCUT2D eigenvalue weighted by atomic mass is 32.1. The average molecular weight is 335 g/mol. The fourth-order valence-corrected chi connectivity index (χ4v) is 3.09. The average Bonchev–Trinajstić information content (AvgIpc) is 3.14. The van der Waals surface area contributed by atoms with E-state index in [0.29, 0.717) is 6.54 Å². The van der Waals surface area contributed by atoms with Crippen molar-refractivity contribution < 1.29 is 4.79 Å². The van der Waals surface area contributed by atoms with Gasteiger partial charge < -0.3 is 5.32 Å². The standard InChI is InChI=1S/C16H25N5OS/c1-6-11(2)21-15(7-8-18-21)19-16(22)12(3)20(5)10-14-9-17-13(4)23-14/h7-9,11-12H,6,10H2,1-5H3,(H,19,22)/t11-,12-/m1/s1. The number of carbonyl (C=O) groups excluding carboxylic acids is 1. The van der Waals surface area contributed by atoms with E-state index in [1.807, 2.05) is 42.7 Å². The van der Waals surface area contributed by atoms with Crippen molar-refractivity contribution in [2.45, 2.75) is 52.7 Å². The molecule has 0 fully saturated rings. The van der Waals surface area contributed by atoms with Crippen molar-refractivity contribution >= 4 is 23.1 Å². The van der Waals surface area contributed by atoms with Crippen LogP contribution >= 0.6 is 11.3 Å². The maximum Gasteiger partial charge on any atom is 0.242 e. The van der Waals surface area contributed by atoms with Crippen LogP contribution in [-0.2, 0) is 11.3 Å². The molecule has 2 aromatic heterocycles. The quantitative estimate of drug-likeness (QED) is 0.844. The van der Waals surface area contributed by atoms with Gasteiger partial charge in [0.25, 0.3) is 0 Å². The number of hydrogen-bond acceptors (Lipinski definition) is 5. The molecule has 1 amide bonds. The largest absolute Gasteiger partial charge is 0.310 e. The van der Waals surface area contributed by atoms with Gasteiger partial charge in [0.05, 0.1) is 23.3 Å². The number of likely N-dealkylation sites (N-methyl/N-ethyl adjacent to an activating group) is 1. The third-order valence-corrected chi connectivity index (χ3v) is 4.94. The van der Waals surface area contributed by atoms with E-state index in [9.17, 15) is 4.79 Å². The van der Waals surface area contributed by atoms with E-state index in [4.69, 9.17) is 0 Å². The molecule has 0 saturated heterocycles. The Morgan fingerprint density at radius 3 is 2.83 bits per heavy atom. The maximum absolute atomic E-state index is 12.5. The highest BCUT2D eigenvalue weighted by molar-refractivity contribution is 7.11. The van der Waals surface area contributed by atoms with E-state index in [1.165, 1.54) is 0 Å². The minimum absolute atomic E-state index is 0.0289. The number of rotatable bonds is 7. The number of nitrogens with zero attached hydrogens (tertiary/aromatic N) is 4. The first-order valence-corrected chi connectivity index (χ1v) is 8.70. The van der Waals surface area contributed by atoms with Crippen LogP contribution in [0.5, 0.6) is 0 Å². The Balaban J connectivity index is 1.98. The molecular formula is C16H25N5OS. The number of carbonyl (C=O) groups is 1. The molecule has 7 heteroatoms. The summed E-state index contributed by atoms with van der Waals surface area (Å²) < 4.78 is 1.86. The van der Waals surface area contributed by atoms with Crippen molar-refractivity contribution in [3.05, 3.63) is 28.3 Å². The Hall–Kier alpha value is -1.73. The molecule has 1 N–H and O–H groups in total. The number of nitrogens with one attached hydrogen (secondary N) is 1. The first-order chi connectivity index (χ1) is 10.9. The maximum atomic E-state index is 12.5. The number of hydrogen-bond donors (Lipinski definition) is 1. The predicted molar refractivity (Wildman–Crippen MR) is 93.6 cm³/mol. The topological polar surface area (TPSA) is 63.1 Å². The first-order valence-electron chi connectivity index (χ1n) is 7.88. The van der Waals surface area contributed by atoms with Crippen LogP contribution in [0.1, 0.15) is 43.1 Å². The summed E-state index contributed by atoms with van der Waals surface area (Å²) in [5.74, 6) is 0.719. The summed E-state index contributed by atoms with van der Waals surface area (Å²) >= 11 is 1.66. The Labute approximate surface area is 141 Å². The second-order valence-corrected chi connectivity index (χ2v) is 7.16. The van der Waals surface area contributed by atoms with Crippen LogP contribution in [0.25, 0.3) is 0 Å². The molecule has 0 aromatic carbocycles. The third-order valence-electron chi connectivity index (χ3n) is 4.04. The zero-order chi connectivity index (χ0) is 17.0. The highest BCUT2D eigenvalue weighted by Gasteiger charge is 2.20. The van der Waals surface area contributed by atoms with E-state index < -0.39 is 0 Å². The monoisotopic (exact) mass is 335 g/mol. The molecule has 0 aliphatic heterocycles. The lowest BCUT2D eigenvalue weighted by Gasteiger charge is -2.23. The summed E-state index contributed by atoms with van der Waals surface area (Å²) in [5, 5.41) is 8.33. The van der Waals surface area contributed by atoms with Gasteiger partial charge >= 0.3 is 0 Å². The van der Waals surface area contributed by atoms with Gasteiger partial charge in [-0.2, -0.15) is 5.10 Å². The second kappa shape index (κ2) is 7.70. The van der Waals surface area contributed by atoms with Crippen LogP contribution < -0.4 is 5.32 Å². The molecule has 2 atom stereocenters. The van der Waals surface area contributed by atoms with Crippen molar-refractivity contribution in [3.63, 3.8) is 0 Å². The number of aryl methyl sites for hydroxylation is 1. The van der Waals surface area contributed by atoms with Crippen LogP contribution in [-0.4, -0.2) is 38.7 Å². The van der Waals surface area contributed by atoms with Crippen LogP contribution in [0, 0.1) is 6.92 Å². The van der Waals surface area contributed by atoms with Crippen molar-refractivity contribution in [3.8, 4) is 0 Å². The zero-order valence-electron chi connectivity index (χ0n) is 14.4. The van der Waals surface area contributed by atoms with Gasteiger partial charge in [0, 0.05) is 23.7 Å². The zero-order valence-corrected chi connectivity index (χ0v) is 15.2. The van der Waals surface area contributed by atoms with Crippen molar-refractivity contribution in [2.24, 2.45) is 0 Å². The first kappa shape index (κ1) is 17.6. The summed E-state index contributed by atoms with van der Waals surface area (Å²) in [6.45, 7) is 8.80. The van der Waals surface area contributed by atoms with E-state index >= 15 is 0 Å². The summed E-state index contributed by atoms with van der Waals surface area (Å²) in [4.78, 5) is 19.9. The lowest BCUT2D eigenvalue weighted by atomic mass is 10.2. The molecule has 2 heterocycles. The normalized spacial score (nSPS) is 14.0. The van der Waals surface area contributed by atoms with Crippen molar-refractivity contribution in [1.82, 2.24) is 19.7 Å². The Bertz CT molecular complexity index is 650. The van der Waals surface area contributed by atoms with Gasteiger partial charge in [0.15, 0.2) is 0 Å². The van der Waals surface area contributed by atoms with E-state index in [1.54, 1.807) is 17.5 Å². The predicted octanol–water partition coefficient (Wildman–Crippen LogP) is 3.08. The molecule has 6 nitrogen and oxygen atoms in total. The van der Waals surface area contributed by atoms with E-state index in [2.05, 4.69) is 29.2 Å². The fraction of sp³-hybridized carbons (Fsp3) is 0.562. The Kier molecular flexibility index (Phi) is 5.90. The minimum atomic E-state index is -0.238. The smallest absolute Gasteiger partial charge is 0.242 e. The van der Waals surface area contributed by atoms with Crippen LogP contribution in [0.15, 0.2) is 18.5 Å². The van der Waals surface area contributed by atoms with Crippen LogP contribution in [0.2, 0.25) is 0 Å². The molecule has 0 unspecified atom stereocenters. The number of thiazole rings is 1. The molecule has 0 spiro atoms. The molecular weight excluding hydrogens is 310 g/mol. The molecule has 2 aromatic rings. The number of amides is 1. The lowest BCUT2D eigenvalue weighted by molar-refractivity contribution is -0.120. The summed E-state index contributed by atoms with van der Waals surface area (Å²) in [5.41, 5.74) is 0. The summed E-state index contributed by atoms with van der Waals surface area (Å²) in [6, 6.07) is 1.86. The van der Waals surface area contributed by atoms with Gasteiger partial charge in [-0.3, -0.25) is 9.69 Å². The Morgan fingerprint density at radius 2 is 2.22 bits per heavy atom. The molecule has 126 valence electrons. The fourth-order valence-electron chi connectivity index (χ4n) is 2.23. The van der Waals surface area contributed by atoms with E-state index in [0.717, 1.165) is 22.1 Å². The summed E-state index contributed by atoms with van der Waals surface area (Å²) in [6.07, 6.45) is 4.56. The minimum Gasteiger partial charge on any atom is -0.310 e. The summed E-state index contributed by atoms with van der Waals surface area (Å²) in [7, 11) is 1.95. The third kappa shape index (κ3) is 4.39. The van der Waals surface area contributed by atoms with Gasteiger partial charge in [-0.15, -0.1) is 11.3 Å². The molecule has 2 rings (SSSR count). The van der Waals surface area contributed by atoms with Gasteiger partial charge in [-0.1, -0.05) is 6.92 Å². The van der Waals surface area contributed by atoms with E-state index in [-0.39, 0.29) is 18.0 Å². The van der Waals surface area contributed by atoms with Gasteiger partial charge in [0.1, 0.15) is 5.82 Å². The molecule has 23 heavy (non-hydrogen) atoms. The van der Waals surface area contributed by atoms with Crippen LogP contribution in [0.3, 0.4) is 0 Å². The van der Waals surface area contributed by atoms with Crippen LogP contribution in [0.4, 0.5) is 5.82 Å². The van der Waals surface area contributed by atoms with Gasteiger partial charge in [-0.25, -0.2) is 9.67 Å². The molecule has 0 aliphatic carbocycles. The Morgan fingerprint density at radius 1 is 1.48 bits per heavy atom. The van der Waals surface area contributed by atoms with Gasteiger partial charge in [-0.05, 0) is 34.2 Å². The van der Waals surface area contributed by atoms with Gasteiger partial charge in [0.2, 0.25) is 5.91 Å². The molecule has 0 radical (unpaired) electrons. The molecule has 0 bridgehead atoms. The molecule has 0 saturated carbocycles. The lowest BCUT2D eigenvalue weighted by Crippen LogP contribution is -2.39.